The van der Waals surface area contributed by atoms with Crippen LogP contribution in [0.2, 0.25) is 0 Å². The Balaban J connectivity index is 1.59. The van der Waals surface area contributed by atoms with Crippen LogP contribution in [0, 0.1) is 11.3 Å². The normalized spacial score (nSPS) is 18.2. The lowest BCUT2D eigenvalue weighted by Gasteiger charge is -2.27. The number of H-pyrrole nitrogens is 1. The van der Waals surface area contributed by atoms with Crippen molar-refractivity contribution < 1.29 is 9.47 Å². The maximum absolute atomic E-state index is 8.85. The summed E-state index contributed by atoms with van der Waals surface area (Å²) in [6, 6.07) is 9.87. The van der Waals surface area contributed by atoms with Crippen molar-refractivity contribution in [3.8, 4) is 28.8 Å². The number of nitrogens with one attached hydrogen (secondary N) is 2. The van der Waals surface area contributed by atoms with Crippen molar-refractivity contribution in [2.45, 2.75) is 44.8 Å². The van der Waals surface area contributed by atoms with Crippen LogP contribution in [0.4, 0.5) is 11.6 Å². The van der Waals surface area contributed by atoms with Crippen LogP contribution in [0.5, 0.6) is 11.5 Å². The number of ether oxygens (including phenoxy) is 2. The summed E-state index contributed by atoms with van der Waals surface area (Å²) >= 11 is 0. The third-order valence-corrected chi connectivity index (χ3v) is 5.17. The summed E-state index contributed by atoms with van der Waals surface area (Å²) in [7, 11) is 0. The van der Waals surface area contributed by atoms with Crippen LogP contribution in [-0.2, 0) is 0 Å². The van der Waals surface area contributed by atoms with Gasteiger partial charge in [0.2, 0.25) is 0 Å². The molecule has 0 unspecified atom stereocenters. The van der Waals surface area contributed by atoms with Crippen molar-refractivity contribution in [1.29, 1.82) is 5.26 Å². The number of hydrogen-bond donors (Lipinski definition) is 3. The first-order valence-electron chi connectivity index (χ1n) is 10.4. The van der Waals surface area contributed by atoms with Crippen molar-refractivity contribution in [3.05, 3.63) is 42.4 Å². The fourth-order valence-corrected chi connectivity index (χ4v) is 3.63. The fourth-order valence-electron chi connectivity index (χ4n) is 3.63. The van der Waals surface area contributed by atoms with E-state index in [1.54, 1.807) is 0 Å². The van der Waals surface area contributed by atoms with Crippen molar-refractivity contribution in [3.63, 3.8) is 0 Å². The molecule has 4 rings (SSSR count). The van der Waals surface area contributed by atoms with Crippen LogP contribution >= 0.6 is 0 Å². The molecule has 9 heteroatoms. The Bertz CT molecular complexity index is 1050. The quantitative estimate of drug-likeness (QED) is 0.529. The molecule has 0 spiro atoms. The van der Waals surface area contributed by atoms with Gasteiger partial charge < -0.3 is 20.5 Å². The second kappa shape index (κ2) is 9.45. The number of nitriles is 1. The van der Waals surface area contributed by atoms with E-state index in [2.05, 4.69) is 25.5 Å². The van der Waals surface area contributed by atoms with Crippen LogP contribution in [0.15, 0.2) is 36.7 Å². The highest BCUT2D eigenvalue weighted by molar-refractivity contribution is 5.76. The zero-order chi connectivity index (χ0) is 21.6. The number of hydrogen-bond acceptors (Lipinski definition) is 8. The van der Waals surface area contributed by atoms with E-state index in [0.29, 0.717) is 18.2 Å². The molecule has 1 aromatic carbocycles. The number of nitrogens with zero attached hydrogens (tertiary/aromatic N) is 4. The summed E-state index contributed by atoms with van der Waals surface area (Å²) in [6.45, 7) is 2.48. The van der Waals surface area contributed by atoms with Gasteiger partial charge in [-0.3, -0.25) is 5.10 Å². The molecule has 31 heavy (non-hydrogen) atoms. The van der Waals surface area contributed by atoms with Crippen LogP contribution in [0.3, 0.4) is 0 Å². The van der Waals surface area contributed by atoms with Gasteiger partial charge in [-0.2, -0.15) is 10.4 Å². The highest BCUT2D eigenvalue weighted by Gasteiger charge is 2.23. The third-order valence-electron chi connectivity index (χ3n) is 5.17. The molecule has 0 bridgehead atoms. The largest absolute Gasteiger partial charge is 0.493 e. The van der Waals surface area contributed by atoms with Crippen molar-refractivity contribution in [2.75, 3.05) is 11.9 Å². The van der Waals surface area contributed by atoms with Crippen LogP contribution in [0.25, 0.3) is 11.3 Å². The van der Waals surface area contributed by atoms with E-state index in [0.717, 1.165) is 48.4 Å². The molecule has 0 radical (unpaired) electrons. The Kier molecular flexibility index (Phi) is 6.29. The number of aromatic nitrogens is 4. The summed E-state index contributed by atoms with van der Waals surface area (Å²) in [5.74, 6) is 2.53. The molecule has 160 valence electrons. The second-order valence-corrected chi connectivity index (χ2v) is 7.41. The van der Waals surface area contributed by atoms with Gasteiger partial charge in [-0.05, 0) is 44.7 Å². The topological polar surface area (TPSA) is 135 Å². The summed E-state index contributed by atoms with van der Waals surface area (Å²) in [6.07, 6.45) is 6.83. The van der Waals surface area contributed by atoms with Crippen molar-refractivity contribution in [2.24, 2.45) is 5.73 Å². The van der Waals surface area contributed by atoms with E-state index in [-0.39, 0.29) is 17.8 Å². The first kappa shape index (κ1) is 20.6. The molecule has 0 amide bonds. The molecule has 1 fully saturated rings. The van der Waals surface area contributed by atoms with E-state index in [1.165, 1.54) is 12.4 Å². The zero-order valence-corrected chi connectivity index (χ0v) is 17.3. The van der Waals surface area contributed by atoms with Gasteiger partial charge in [-0.25, -0.2) is 9.97 Å². The fraction of sp³-hybridized carbons (Fsp3) is 0.364. The standard InChI is InChI=1S/C22H25N7O2/c1-2-30-18-4-3-5-19(31-16-8-6-14(24)7-9-16)22(18)17-10-20(29-28-17)27-21-13-25-15(11-23)12-26-21/h3-5,10,12-14,16H,2,6-9,24H2,1H3,(H2,26,27,28,29)/t14-,16-. The molecule has 0 atom stereocenters. The number of nitrogens with two attached hydrogens (primary N) is 1. The summed E-state index contributed by atoms with van der Waals surface area (Å²) in [5, 5.41) is 19.3. The predicted octanol–water partition coefficient (Wildman–Crippen LogP) is 3.53. The monoisotopic (exact) mass is 419 g/mol. The molecule has 0 aliphatic heterocycles. The van der Waals surface area contributed by atoms with Crippen molar-refractivity contribution >= 4 is 11.6 Å². The number of rotatable bonds is 7. The average molecular weight is 419 g/mol. The van der Waals surface area contributed by atoms with Gasteiger partial charge in [0.05, 0.1) is 36.4 Å². The lowest BCUT2D eigenvalue weighted by Crippen LogP contribution is -2.31. The van der Waals surface area contributed by atoms with Gasteiger partial charge in [-0.1, -0.05) is 6.07 Å². The molecule has 3 aromatic rings. The second-order valence-electron chi connectivity index (χ2n) is 7.41. The first-order chi connectivity index (χ1) is 15.2. The minimum absolute atomic E-state index is 0.130. The Hall–Kier alpha value is -3.64. The molecule has 9 nitrogen and oxygen atoms in total. The molecule has 2 aromatic heterocycles. The Morgan fingerprint density at radius 3 is 2.68 bits per heavy atom. The molecular formula is C22H25N7O2. The van der Waals surface area contributed by atoms with Gasteiger partial charge in [0, 0.05) is 12.1 Å². The molecule has 1 aliphatic rings. The maximum Gasteiger partial charge on any atom is 0.158 e. The smallest absolute Gasteiger partial charge is 0.158 e. The van der Waals surface area contributed by atoms with E-state index < -0.39 is 0 Å². The van der Waals surface area contributed by atoms with Crippen LogP contribution in [0.1, 0.15) is 38.3 Å². The maximum atomic E-state index is 8.85. The van der Waals surface area contributed by atoms with E-state index >= 15 is 0 Å². The lowest BCUT2D eigenvalue weighted by atomic mass is 9.93. The predicted molar refractivity (Wildman–Crippen MR) is 116 cm³/mol. The van der Waals surface area contributed by atoms with E-state index in [1.807, 2.05) is 37.3 Å². The van der Waals surface area contributed by atoms with Gasteiger partial charge in [0.1, 0.15) is 23.4 Å². The highest BCUT2D eigenvalue weighted by atomic mass is 16.5. The van der Waals surface area contributed by atoms with Gasteiger partial charge >= 0.3 is 0 Å². The number of benzene rings is 1. The van der Waals surface area contributed by atoms with Gasteiger partial charge in [-0.15, -0.1) is 0 Å². The minimum Gasteiger partial charge on any atom is -0.493 e. The molecule has 1 aliphatic carbocycles. The summed E-state index contributed by atoms with van der Waals surface area (Å²) in [4.78, 5) is 8.17. The Labute approximate surface area is 180 Å². The van der Waals surface area contributed by atoms with Gasteiger partial charge in [0.15, 0.2) is 11.5 Å². The minimum atomic E-state index is 0.130. The summed E-state index contributed by atoms with van der Waals surface area (Å²) in [5.41, 5.74) is 7.87. The number of aromatic amines is 1. The Morgan fingerprint density at radius 2 is 1.97 bits per heavy atom. The van der Waals surface area contributed by atoms with E-state index in [4.69, 9.17) is 20.5 Å². The van der Waals surface area contributed by atoms with Gasteiger partial charge in [0.25, 0.3) is 0 Å². The molecular weight excluding hydrogens is 394 g/mol. The molecule has 0 saturated heterocycles. The first-order valence-corrected chi connectivity index (χ1v) is 10.4. The van der Waals surface area contributed by atoms with E-state index in [9.17, 15) is 0 Å². The van der Waals surface area contributed by atoms with Crippen LogP contribution < -0.4 is 20.5 Å². The Morgan fingerprint density at radius 1 is 1.16 bits per heavy atom. The molecule has 4 N–H and O–H groups in total. The average Bonchev–Trinajstić information content (AvgIpc) is 3.24. The molecule has 1 saturated carbocycles. The third kappa shape index (κ3) is 4.92. The highest BCUT2D eigenvalue weighted by Crippen LogP contribution is 2.40. The van der Waals surface area contributed by atoms with Crippen molar-refractivity contribution in [1.82, 2.24) is 20.2 Å². The van der Waals surface area contributed by atoms with Crippen LogP contribution in [-0.4, -0.2) is 38.9 Å². The summed E-state index contributed by atoms with van der Waals surface area (Å²) < 4.78 is 12.2. The molecule has 2 heterocycles. The zero-order valence-electron chi connectivity index (χ0n) is 17.3. The number of anilines is 2. The lowest BCUT2D eigenvalue weighted by molar-refractivity contribution is 0.147. The SMILES string of the molecule is CCOc1cccc(O[C@H]2CC[C@H](N)CC2)c1-c1cc(Nc2cnc(C#N)cn2)n[nH]1.